The average molecular weight is 288 g/mol. The van der Waals surface area contributed by atoms with Crippen LogP contribution in [0.1, 0.15) is 24.8 Å². The van der Waals surface area contributed by atoms with Crippen molar-refractivity contribution in [2.45, 2.75) is 31.5 Å². The van der Waals surface area contributed by atoms with Crippen LogP contribution >= 0.6 is 0 Å². The summed E-state index contributed by atoms with van der Waals surface area (Å²) < 4.78 is 41.9. The number of ether oxygens (including phenoxy) is 1. The molecule has 0 amide bonds. The Labute approximate surface area is 114 Å². The molecule has 1 fully saturated rings. The second kappa shape index (κ2) is 5.68. The van der Waals surface area contributed by atoms with Crippen molar-refractivity contribution < 1.29 is 22.7 Å². The minimum atomic E-state index is -4.38. The van der Waals surface area contributed by atoms with Gasteiger partial charge in [-0.3, -0.25) is 4.79 Å². The number of nitrogens with one attached hydrogen (secondary N) is 1. The maximum atomic E-state index is 12.4. The number of carbonyl (C=O) groups excluding carboxylic acids is 1. The molecule has 0 aromatic carbocycles. The molecule has 0 saturated heterocycles. The fourth-order valence-corrected chi connectivity index (χ4v) is 2.35. The number of alkyl halides is 3. The van der Waals surface area contributed by atoms with Gasteiger partial charge in [-0.2, -0.15) is 13.2 Å². The summed E-state index contributed by atoms with van der Waals surface area (Å²) >= 11 is 0. The molecule has 0 aliphatic heterocycles. The third-order valence-electron chi connectivity index (χ3n) is 3.41. The third-order valence-corrected chi connectivity index (χ3v) is 3.41. The van der Waals surface area contributed by atoms with Crippen LogP contribution in [0.5, 0.6) is 0 Å². The highest BCUT2D eigenvalue weighted by atomic mass is 19.4. The van der Waals surface area contributed by atoms with Crippen LogP contribution in [-0.2, 0) is 15.7 Å². The molecule has 2 rings (SSSR count). The van der Waals surface area contributed by atoms with Gasteiger partial charge in [-0.1, -0.05) is 0 Å². The van der Waals surface area contributed by atoms with Gasteiger partial charge in [0.25, 0.3) is 0 Å². The van der Waals surface area contributed by atoms with E-state index in [2.05, 4.69) is 15.0 Å². The standard InChI is InChI=1S/C13H15F3N2O2/c1-20-12(19)8-2-4-10(6-8)18-11-5-3-9(7-17-11)13(14,15)16/h3,5,7-8,10H,2,4,6H2,1H3,(H,17,18)/t8-,10+/m0/s1. The van der Waals surface area contributed by atoms with Crippen LogP contribution in [0.4, 0.5) is 19.0 Å². The fraction of sp³-hybridized carbons (Fsp3) is 0.538. The quantitative estimate of drug-likeness (QED) is 0.869. The third kappa shape index (κ3) is 3.40. The first kappa shape index (κ1) is 14.6. The van der Waals surface area contributed by atoms with Crippen LogP contribution < -0.4 is 5.32 Å². The number of halogens is 3. The maximum absolute atomic E-state index is 12.4. The molecule has 1 aliphatic rings. The first-order chi connectivity index (χ1) is 9.40. The number of methoxy groups -OCH3 is 1. The number of hydrogen-bond acceptors (Lipinski definition) is 4. The summed E-state index contributed by atoms with van der Waals surface area (Å²) in [6.45, 7) is 0. The van der Waals surface area contributed by atoms with Gasteiger partial charge < -0.3 is 10.1 Å². The number of nitrogens with zero attached hydrogens (tertiary/aromatic N) is 1. The van der Waals surface area contributed by atoms with Gasteiger partial charge in [-0.05, 0) is 31.4 Å². The van der Waals surface area contributed by atoms with Crippen LogP contribution in [0.25, 0.3) is 0 Å². The van der Waals surface area contributed by atoms with Crippen molar-refractivity contribution in [1.29, 1.82) is 0 Å². The average Bonchev–Trinajstić information content (AvgIpc) is 2.86. The molecule has 0 bridgehead atoms. The van der Waals surface area contributed by atoms with Crippen LogP contribution in [-0.4, -0.2) is 24.1 Å². The second-order valence-electron chi connectivity index (χ2n) is 4.80. The minimum absolute atomic E-state index is 0.0309. The number of esters is 1. The van der Waals surface area contributed by atoms with Crippen LogP contribution in [0, 0.1) is 5.92 Å². The van der Waals surface area contributed by atoms with E-state index in [9.17, 15) is 18.0 Å². The summed E-state index contributed by atoms with van der Waals surface area (Å²) in [5, 5.41) is 3.04. The lowest BCUT2D eigenvalue weighted by atomic mass is 10.1. The first-order valence-electron chi connectivity index (χ1n) is 6.27. The molecule has 0 radical (unpaired) electrons. The summed E-state index contributed by atoms with van der Waals surface area (Å²) in [6.07, 6.45) is -1.49. The van der Waals surface area contributed by atoms with Gasteiger partial charge in [0.15, 0.2) is 0 Å². The van der Waals surface area contributed by atoms with Gasteiger partial charge >= 0.3 is 12.1 Å². The van der Waals surface area contributed by atoms with Crippen molar-refractivity contribution in [2.24, 2.45) is 5.92 Å². The molecule has 0 spiro atoms. The Morgan fingerprint density at radius 1 is 1.40 bits per heavy atom. The fourth-order valence-electron chi connectivity index (χ4n) is 2.35. The Kier molecular flexibility index (Phi) is 4.15. The SMILES string of the molecule is COC(=O)[C@H]1CC[C@@H](Nc2ccc(C(F)(F)F)cn2)C1. The second-order valence-corrected chi connectivity index (χ2v) is 4.80. The monoisotopic (exact) mass is 288 g/mol. The van der Waals surface area contributed by atoms with Crippen molar-refractivity contribution in [3.05, 3.63) is 23.9 Å². The Bertz CT molecular complexity index is 473. The zero-order chi connectivity index (χ0) is 14.8. The first-order valence-corrected chi connectivity index (χ1v) is 6.27. The zero-order valence-corrected chi connectivity index (χ0v) is 10.9. The lowest BCUT2D eigenvalue weighted by Crippen LogP contribution is -2.19. The van der Waals surface area contributed by atoms with Crippen molar-refractivity contribution in [3.8, 4) is 0 Å². The van der Waals surface area contributed by atoms with Gasteiger partial charge in [-0.25, -0.2) is 4.98 Å². The van der Waals surface area contributed by atoms with Gasteiger partial charge in [0, 0.05) is 12.2 Å². The van der Waals surface area contributed by atoms with Crippen molar-refractivity contribution in [2.75, 3.05) is 12.4 Å². The highest BCUT2D eigenvalue weighted by Crippen LogP contribution is 2.31. The highest BCUT2D eigenvalue weighted by Gasteiger charge is 2.32. The van der Waals surface area contributed by atoms with E-state index in [1.54, 1.807) is 0 Å². The largest absolute Gasteiger partial charge is 0.469 e. The number of pyridine rings is 1. The molecule has 1 aromatic rings. The Morgan fingerprint density at radius 2 is 2.15 bits per heavy atom. The maximum Gasteiger partial charge on any atom is 0.417 e. The molecule has 1 aliphatic carbocycles. The molecule has 110 valence electrons. The molecule has 20 heavy (non-hydrogen) atoms. The summed E-state index contributed by atoms with van der Waals surface area (Å²) in [5.41, 5.74) is -0.776. The van der Waals surface area contributed by atoms with E-state index in [0.29, 0.717) is 18.7 Å². The summed E-state index contributed by atoms with van der Waals surface area (Å²) in [7, 11) is 1.35. The van der Waals surface area contributed by atoms with Crippen LogP contribution in [0.2, 0.25) is 0 Å². The van der Waals surface area contributed by atoms with Crippen molar-refractivity contribution in [3.63, 3.8) is 0 Å². The molecular formula is C13H15F3N2O2. The summed E-state index contributed by atoms with van der Waals surface area (Å²) in [6, 6.07) is 2.32. The zero-order valence-electron chi connectivity index (χ0n) is 10.9. The molecule has 1 aromatic heterocycles. The van der Waals surface area contributed by atoms with Crippen molar-refractivity contribution >= 4 is 11.8 Å². The minimum Gasteiger partial charge on any atom is -0.469 e. The molecule has 0 unspecified atom stereocenters. The lowest BCUT2D eigenvalue weighted by molar-refractivity contribution is -0.145. The molecular weight excluding hydrogens is 273 g/mol. The van der Waals surface area contributed by atoms with Crippen LogP contribution in [0.15, 0.2) is 18.3 Å². The molecule has 4 nitrogen and oxygen atoms in total. The molecule has 7 heteroatoms. The molecule has 1 saturated carbocycles. The van der Waals surface area contributed by atoms with Gasteiger partial charge in [0.2, 0.25) is 0 Å². The molecule has 2 atom stereocenters. The smallest absolute Gasteiger partial charge is 0.417 e. The van der Waals surface area contributed by atoms with Gasteiger partial charge in [-0.15, -0.1) is 0 Å². The number of hydrogen-bond donors (Lipinski definition) is 1. The predicted octanol–water partition coefficient (Wildman–Crippen LogP) is 2.85. The van der Waals surface area contributed by atoms with E-state index in [1.165, 1.54) is 13.2 Å². The Balaban J connectivity index is 1.93. The van der Waals surface area contributed by atoms with E-state index in [4.69, 9.17) is 0 Å². The van der Waals surface area contributed by atoms with Gasteiger partial charge in [0.05, 0.1) is 18.6 Å². The number of aromatic nitrogens is 1. The van der Waals surface area contributed by atoms with E-state index in [0.717, 1.165) is 18.7 Å². The van der Waals surface area contributed by atoms with Gasteiger partial charge in [0.1, 0.15) is 5.82 Å². The lowest BCUT2D eigenvalue weighted by Gasteiger charge is -2.14. The number of anilines is 1. The molecule has 1 heterocycles. The number of carbonyl (C=O) groups is 1. The molecule has 1 N–H and O–H groups in total. The predicted molar refractivity (Wildman–Crippen MR) is 66.0 cm³/mol. The topological polar surface area (TPSA) is 51.2 Å². The number of rotatable bonds is 3. The normalized spacial score (nSPS) is 22.6. The van der Waals surface area contributed by atoms with E-state index < -0.39 is 11.7 Å². The Morgan fingerprint density at radius 3 is 2.70 bits per heavy atom. The van der Waals surface area contributed by atoms with E-state index >= 15 is 0 Å². The summed E-state index contributed by atoms with van der Waals surface area (Å²) in [5.74, 6) is -0.00450. The summed E-state index contributed by atoms with van der Waals surface area (Å²) in [4.78, 5) is 15.1. The van der Waals surface area contributed by atoms with E-state index in [1.807, 2.05) is 0 Å². The van der Waals surface area contributed by atoms with E-state index in [-0.39, 0.29) is 17.9 Å². The Hall–Kier alpha value is -1.79. The highest BCUT2D eigenvalue weighted by molar-refractivity contribution is 5.72. The van der Waals surface area contributed by atoms with Crippen molar-refractivity contribution in [1.82, 2.24) is 4.98 Å². The van der Waals surface area contributed by atoms with Crippen LogP contribution in [0.3, 0.4) is 0 Å².